The van der Waals surface area contributed by atoms with Crippen molar-refractivity contribution in [1.82, 2.24) is 0 Å². The molecule has 6 heteroatoms. The minimum absolute atomic E-state index is 0. The summed E-state index contributed by atoms with van der Waals surface area (Å²) in [5.41, 5.74) is 2.84. The first-order valence-electron chi connectivity index (χ1n) is 14.4. The molecule has 0 unspecified atom stereocenters. The number of fused-ring (bicyclic) bond motifs is 2. The van der Waals surface area contributed by atoms with Crippen molar-refractivity contribution in [3.05, 3.63) is 162 Å². The molecule has 0 fully saturated rings. The fraction of sp³-hybridized carbons (Fsp3) is 0.0769. The van der Waals surface area contributed by atoms with Crippen LogP contribution in [0, 0.1) is 25.5 Å². The molecule has 0 spiro atoms. The van der Waals surface area contributed by atoms with Crippen molar-refractivity contribution in [2.75, 3.05) is 0 Å². The van der Waals surface area contributed by atoms with Crippen LogP contribution in [0.15, 0.2) is 140 Å². The van der Waals surface area contributed by atoms with Gasteiger partial charge in [0.15, 0.2) is 23.1 Å². The van der Waals surface area contributed by atoms with Crippen LogP contribution < -0.4 is 15.6 Å². The van der Waals surface area contributed by atoms with E-state index in [2.05, 4.69) is 111 Å². The Morgan fingerprint density at radius 1 is 0.511 bits per heavy atom. The Morgan fingerprint density at radius 3 is 1.24 bits per heavy atom. The summed E-state index contributed by atoms with van der Waals surface area (Å²) in [5.74, 6) is -1.75. The summed E-state index contributed by atoms with van der Waals surface area (Å²) in [6.07, 6.45) is 0. The molecule has 2 nitrogen and oxygen atoms in total. The van der Waals surface area contributed by atoms with E-state index in [1.165, 1.54) is 74.3 Å². The van der Waals surface area contributed by atoms with E-state index < -0.39 is 19.7 Å². The number of hydrogen-bond donors (Lipinski definition) is 2. The normalized spacial score (nSPS) is 10.8. The van der Waals surface area contributed by atoms with Crippen LogP contribution in [0.3, 0.4) is 0 Å². The van der Waals surface area contributed by atoms with Gasteiger partial charge in [0.25, 0.3) is 0 Å². The van der Waals surface area contributed by atoms with Gasteiger partial charge in [0.1, 0.15) is 0 Å². The summed E-state index contributed by atoms with van der Waals surface area (Å²) in [6, 6.07) is 44.9. The minimum atomic E-state index is -2.19. The van der Waals surface area contributed by atoms with Gasteiger partial charge in [0.05, 0.1) is 0 Å². The van der Waals surface area contributed by atoms with Gasteiger partial charge in [-0.15, -0.1) is 81.2 Å². The average molecular weight is 692 g/mol. The molecule has 0 aliphatic heterocycles. The van der Waals surface area contributed by atoms with Crippen LogP contribution in [-0.4, -0.2) is 18.3 Å². The topological polar surface area (TPSA) is 40.5 Å². The number of phenolic OH excluding ortho intramolecular Hbond substituents is 2. The van der Waals surface area contributed by atoms with Crippen molar-refractivity contribution < 1.29 is 45.2 Å². The molecule has 0 aromatic heterocycles. The van der Waals surface area contributed by atoms with Gasteiger partial charge in [0, 0.05) is 8.07 Å². The third-order valence-electron chi connectivity index (χ3n) is 8.05. The van der Waals surface area contributed by atoms with E-state index in [-0.39, 0.29) is 37.7 Å². The number of para-hydroxylation sites is 2. The molecule has 45 heavy (non-hydrogen) atoms. The maximum Gasteiger partial charge on any atom is 2.00 e. The molecular weight excluding hydrogens is 658 g/mol. The number of aryl methyl sites for hydroxylation is 2. The number of halogens is 2. The van der Waals surface area contributed by atoms with Gasteiger partial charge < -0.3 is 10.2 Å². The number of aromatic hydroxyl groups is 2. The summed E-state index contributed by atoms with van der Waals surface area (Å²) in [6.45, 7) is 7.14. The third-order valence-corrected chi connectivity index (χ3v) is 12.9. The molecule has 0 atom stereocenters. The first-order valence-corrected chi connectivity index (χ1v) is 16.9. The Balaban J connectivity index is 0.000000222. The van der Waals surface area contributed by atoms with E-state index in [1.54, 1.807) is 22.5 Å². The Morgan fingerprint density at radius 2 is 0.867 bits per heavy atom. The van der Waals surface area contributed by atoms with Crippen molar-refractivity contribution in [2.45, 2.75) is 20.4 Å². The number of hydrogen-bond acceptors (Lipinski definition) is 2. The molecule has 0 aliphatic rings. The quantitative estimate of drug-likeness (QED) is 0.145. The average Bonchev–Trinajstić information content (AvgIpc) is 3.56. The smallest absolute Gasteiger partial charge is 0.505 e. The second-order valence-electron chi connectivity index (χ2n) is 11.0. The molecule has 0 aliphatic carbocycles. The van der Waals surface area contributed by atoms with Crippen molar-refractivity contribution in [2.24, 2.45) is 0 Å². The van der Waals surface area contributed by atoms with Crippen LogP contribution in [0.5, 0.6) is 11.5 Å². The van der Waals surface area contributed by atoms with Crippen molar-refractivity contribution in [3.63, 3.8) is 0 Å². The molecule has 2 N–H and O–H groups in total. The van der Waals surface area contributed by atoms with E-state index in [9.17, 15) is 8.78 Å². The van der Waals surface area contributed by atoms with Gasteiger partial charge in [-0.2, -0.15) is 10.4 Å². The van der Waals surface area contributed by atoms with Gasteiger partial charge in [-0.25, -0.2) is 8.78 Å². The SMILES string of the molecule is Cc1[cH-]c2ccccc2c1[Si](C)(c1ccccc1)c1c(C)[cH-]c2ccccc12.Oc1ccccc1F.Oc1ccccc1F.[Zr+2]. The summed E-state index contributed by atoms with van der Waals surface area (Å²) in [7, 11) is -2.19. The van der Waals surface area contributed by atoms with Crippen molar-refractivity contribution >= 4 is 45.2 Å². The zero-order chi connectivity index (χ0) is 31.3. The Bertz CT molecular complexity index is 1850. The molecule has 0 bridgehead atoms. The Labute approximate surface area is 283 Å². The molecule has 7 aromatic carbocycles. The van der Waals surface area contributed by atoms with E-state index in [0.29, 0.717) is 0 Å². The molecule has 0 radical (unpaired) electrons. The number of benzene rings is 5. The van der Waals surface area contributed by atoms with Crippen LogP contribution in [0.2, 0.25) is 6.55 Å². The summed E-state index contributed by atoms with van der Waals surface area (Å²) >= 11 is 0. The standard InChI is InChI=1S/C27H24Si.2C6H5FO.Zr/c1-19-17-21-11-7-9-15-24(21)26(19)28(3,23-13-5-4-6-14-23)27-20(2)18-22-12-8-10-16-25(22)27;2*7-5-3-1-2-4-6(5)8;/h4-18H,1-3H3;2*1-4,8H;/q-2;;;+2. The first kappa shape index (κ1) is 33.8. The van der Waals surface area contributed by atoms with E-state index in [0.717, 1.165) is 0 Å². The van der Waals surface area contributed by atoms with E-state index in [1.807, 2.05) is 0 Å². The van der Waals surface area contributed by atoms with Gasteiger partial charge in [-0.1, -0.05) is 92.3 Å². The second-order valence-corrected chi connectivity index (χ2v) is 14.8. The summed E-state index contributed by atoms with van der Waals surface area (Å²) in [5, 5.41) is 27.3. The molecule has 0 heterocycles. The minimum Gasteiger partial charge on any atom is -0.505 e. The largest absolute Gasteiger partial charge is 2.00 e. The zero-order valence-corrected chi connectivity index (χ0v) is 28.9. The fourth-order valence-electron chi connectivity index (χ4n) is 6.15. The third kappa shape index (κ3) is 7.08. The van der Waals surface area contributed by atoms with Crippen LogP contribution in [-0.2, 0) is 26.2 Å². The fourth-order valence-corrected chi connectivity index (χ4v) is 11.1. The van der Waals surface area contributed by atoms with Gasteiger partial charge in [-0.3, -0.25) is 0 Å². The van der Waals surface area contributed by atoms with Gasteiger partial charge in [0.2, 0.25) is 0 Å². The predicted octanol–water partition coefficient (Wildman–Crippen LogP) is 8.21. The monoisotopic (exact) mass is 690 g/mol. The zero-order valence-electron chi connectivity index (χ0n) is 25.4. The first-order chi connectivity index (χ1) is 21.2. The van der Waals surface area contributed by atoms with Crippen LogP contribution in [0.1, 0.15) is 11.1 Å². The maximum absolute atomic E-state index is 12.1. The Kier molecular flexibility index (Phi) is 11.1. The number of phenols is 2. The molecule has 0 amide bonds. The van der Waals surface area contributed by atoms with Crippen LogP contribution in [0.25, 0.3) is 21.5 Å². The van der Waals surface area contributed by atoms with Crippen LogP contribution >= 0.6 is 0 Å². The number of rotatable bonds is 3. The maximum atomic E-state index is 12.1. The summed E-state index contributed by atoms with van der Waals surface area (Å²) < 4.78 is 24.1. The van der Waals surface area contributed by atoms with Crippen molar-refractivity contribution in [1.29, 1.82) is 0 Å². The van der Waals surface area contributed by atoms with Gasteiger partial charge >= 0.3 is 26.2 Å². The molecule has 7 rings (SSSR count). The molecule has 224 valence electrons. The predicted molar refractivity (Wildman–Crippen MR) is 182 cm³/mol. The van der Waals surface area contributed by atoms with Crippen molar-refractivity contribution in [3.8, 4) is 11.5 Å². The van der Waals surface area contributed by atoms with Crippen LogP contribution in [0.4, 0.5) is 8.78 Å². The van der Waals surface area contributed by atoms with Gasteiger partial charge in [-0.05, 0) is 24.3 Å². The summed E-state index contributed by atoms with van der Waals surface area (Å²) in [4.78, 5) is 0. The Hall–Kier alpha value is -4.12. The molecule has 0 saturated heterocycles. The van der Waals surface area contributed by atoms with E-state index >= 15 is 0 Å². The molecular formula is C39H34F2O2SiZr. The molecule has 0 saturated carbocycles. The van der Waals surface area contributed by atoms with E-state index in [4.69, 9.17) is 10.2 Å². The molecule has 7 aromatic rings. The second kappa shape index (κ2) is 14.8.